The van der Waals surface area contributed by atoms with Gasteiger partial charge < -0.3 is 10.5 Å². The molecule has 2 aliphatic rings. The van der Waals surface area contributed by atoms with Crippen LogP contribution >= 0.6 is 0 Å². The Morgan fingerprint density at radius 3 is 3.12 bits per heavy atom. The smallest absolute Gasteiger partial charge is 0.0824 e. The molecule has 0 radical (unpaired) electrons. The quantitative estimate of drug-likeness (QED) is 0.836. The van der Waals surface area contributed by atoms with E-state index in [1.165, 1.54) is 24.0 Å². The van der Waals surface area contributed by atoms with Crippen LogP contribution in [0.25, 0.3) is 0 Å². The Hall–Kier alpha value is -0.900. The van der Waals surface area contributed by atoms with Crippen LogP contribution in [-0.2, 0) is 11.2 Å². The fraction of sp³-hybridized carbons (Fsp3) is 0.571. The number of benzene rings is 1. The van der Waals surface area contributed by atoms with Crippen molar-refractivity contribution in [3.63, 3.8) is 0 Å². The minimum Gasteiger partial charge on any atom is -0.374 e. The predicted octanol–water partition coefficient (Wildman–Crippen LogP) is 1.33. The first-order valence-electron chi connectivity index (χ1n) is 6.52. The van der Waals surface area contributed by atoms with Crippen LogP contribution < -0.4 is 5.73 Å². The Labute approximate surface area is 103 Å². The van der Waals surface area contributed by atoms with E-state index in [1.807, 2.05) is 0 Å². The first-order chi connectivity index (χ1) is 8.38. The monoisotopic (exact) mass is 232 g/mol. The van der Waals surface area contributed by atoms with E-state index in [0.29, 0.717) is 12.6 Å². The maximum atomic E-state index is 5.71. The van der Waals surface area contributed by atoms with Crippen molar-refractivity contribution in [3.05, 3.63) is 35.4 Å². The molecule has 3 rings (SSSR count). The van der Waals surface area contributed by atoms with Crippen molar-refractivity contribution in [2.75, 3.05) is 26.2 Å². The Morgan fingerprint density at radius 1 is 1.35 bits per heavy atom. The SMILES string of the molecule is NCC1CN(C2CCc3ccccc32)CCO1. The lowest BCUT2D eigenvalue weighted by molar-refractivity contribution is -0.0387. The molecule has 1 aromatic rings. The van der Waals surface area contributed by atoms with E-state index in [4.69, 9.17) is 10.5 Å². The first-order valence-corrected chi connectivity index (χ1v) is 6.52. The standard InChI is InChI=1S/C14H20N2O/c15-9-12-10-16(7-8-17-12)14-6-5-11-3-1-2-4-13(11)14/h1-4,12,14H,5-10,15H2. The lowest BCUT2D eigenvalue weighted by Gasteiger charge is -2.36. The molecule has 3 heteroatoms. The van der Waals surface area contributed by atoms with E-state index in [2.05, 4.69) is 29.2 Å². The van der Waals surface area contributed by atoms with Crippen molar-refractivity contribution in [2.24, 2.45) is 5.73 Å². The molecule has 2 atom stereocenters. The molecule has 1 fully saturated rings. The van der Waals surface area contributed by atoms with Gasteiger partial charge >= 0.3 is 0 Å². The van der Waals surface area contributed by atoms with Gasteiger partial charge in [0.2, 0.25) is 0 Å². The molecule has 1 aromatic carbocycles. The van der Waals surface area contributed by atoms with Crippen molar-refractivity contribution in [1.29, 1.82) is 0 Å². The molecule has 0 saturated carbocycles. The van der Waals surface area contributed by atoms with Gasteiger partial charge in [0.05, 0.1) is 12.7 Å². The van der Waals surface area contributed by atoms with E-state index in [1.54, 1.807) is 0 Å². The average Bonchev–Trinajstić information content (AvgIpc) is 2.82. The third kappa shape index (κ3) is 2.10. The Bertz CT molecular complexity index is 394. The van der Waals surface area contributed by atoms with E-state index in [-0.39, 0.29) is 6.10 Å². The molecule has 1 aliphatic heterocycles. The summed E-state index contributed by atoms with van der Waals surface area (Å²) >= 11 is 0. The number of rotatable bonds is 2. The van der Waals surface area contributed by atoms with Crippen LogP contribution in [0.3, 0.4) is 0 Å². The Morgan fingerprint density at radius 2 is 2.24 bits per heavy atom. The van der Waals surface area contributed by atoms with E-state index in [9.17, 15) is 0 Å². The number of morpholine rings is 1. The van der Waals surface area contributed by atoms with E-state index >= 15 is 0 Å². The summed E-state index contributed by atoms with van der Waals surface area (Å²) in [4.78, 5) is 2.55. The summed E-state index contributed by atoms with van der Waals surface area (Å²) in [6, 6.07) is 9.42. The topological polar surface area (TPSA) is 38.5 Å². The molecule has 17 heavy (non-hydrogen) atoms. The van der Waals surface area contributed by atoms with Crippen molar-refractivity contribution >= 4 is 0 Å². The summed E-state index contributed by atoms with van der Waals surface area (Å²) in [6.45, 7) is 3.47. The summed E-state index contributed by atoms with van der Waals surface area (Å²) in [5.74, 6) is 0. The highest BCUT2D eigenvalue weighted by molar-refractivity contribution is 5.34. The van der Waals surface area contributed by atoms with Crippen LogP contribution in [0.4, 0.5) is 0 Å². The number of hydrogen-bond acceptors (Lipinski definition) is 3. The molecule has 0 bridgehead atoms. The molecule has 2 unspecified atom stereocenters. The third-order valence-corrected chi connectivity index (χ3v) is 3.98. The number of fused-ring (bicyclic) bond motifs is 1. The molecule has 0 amide bonds. The summed E-state index contributed by atoms with van der Waals surface area (Å²) in [5.41, 5.74) is 8.75. The van der Waals surface area contributed by atoms with E-state index in [0.717, 1.165) is 19.7 Å². The zero-order valence-electron chi connectivity index (χ0n) is 10.1. The number of ether oxygens (including phenoxy) is 1. The molecular weight excluding hydrogens is 212 g/mol. The Kier molecular flexibility index (Phi) is 3.14. The highest BCUT2D eigenvalue weighted by atomic mass is 16.5. The summed E-state index contributed by atoms with van der Waals surface area (Å²) in [6.07, 6.45) is 2.68. The normalized spacial score (nSPS) is 29.2. The van der Waals surface area contributed by atoms with Gasteiger partial charge in [-0.15, -0.1) is 0 Å². The van der Waals surface area contributed by atoms with Gasteiger partial charge in [-0.05, 0) is 24.0 Å². The second kappa shape index (κ2) is 4.77. The van der Waals surface area contributed by atoms with Crippen molar-refractivity contribution in [1.82, 2.24) is 4.90 Å². The van der Waals surface area contributed by atoms with Crippen molar-refractivity contribution in [2.45, 2.75) is 25.0 Å². The van der Waals surface area contributed by atoms with Crippen molar-refractivity contribution in [3.8, 4) is 0 Å². The fourth-order valence-corrected chi connectivity index (χ4v) is 3.08. The van der Waals surface area contributed by atoms with Gasteiger partial charge in [-0.3, -0.25) is 4.90 Å². The Balaban J connectivity index is 1.77. The molecule has 3 nitrogen and oxygen atoms in total. The van der Waals surface area contributed by atoms with Gasteiger partial charge in [0.15, 0.2) is 0 Å². The molecule has 1 aliphatic carbocycles. The van der Waals surface area contributed by atoms with E-state index < -0.39 is 0 Å². The highest BCUT2D eigenvalue weighted by Crippen LogP contribution is 2.36. The summed E-state index contributed by atoms with van der Waals surface area (Å²) < 4.78 is 5.64. The van der Waals surface area contributed by atoms with Crippen LogP contribution in [-0.4, -0.2) is 37.2 Å². The molecule has 0 spiro atoms. The van der Waals surface area contributed by atoms with Crippen molar-refractivity contribution < 1.29 is 4.74 Å². The second-order valence-corrected chi connectivity index (χ2v) is 4.98. The van der Waals surface area contributed by atoms with Crippen LogP contribution in [0.5, 0.6) is 0 Å². The molecule has 0 aromatic heterocycles. The van der Waals surface area contributed by atoms with Gasteiger partial charge in [0, 0.05) is 25.7 Å². The number of nitrogens with zero attached hydrogens (tertiary/aromatic N) is 1. The highest BCUT2D eigenvalue weighted by Gasteiger charge is 2.30. The zero-order valence-corrected chi connectivity index (χ0v) is 10.1. The zero-order chi connectivity index (χ0) is 11.7. The second-order valence-electron chi connectivity index (χ2n) is 4.98. The first kappa shape index (κ1) is 11.2. The van der Waals surface area contributed by atoms with Gasteiger partial charge in [-0.2, -0.15) is 0 Å². The molecular formula is C14H20N2O. The number of nitrogens with two attached hydrogens (primary N) is 1. The lowest BCUT2D eigenvalue weighted by atomic mass is 10.1. The minimum atomic E-state index is 0.219. The summed E-state index contributed by atoms with van der Waals surface area (Å²) in [5, 5.41) is 0. The predicted molar refractivity (Wildman–Crippen MR) is 67.9 cm³/mol. The number of hydrogen-bond donors (Lipinski definition) is 1. The average molecular weight is 232 g/mol. The largest absolute Gasteiger partial charge is 0.374 e. The van der Waals surface area contributed by atoms with Crippen LogP contribution in [0.1, 0.15) is 23.6 Å². The third-order valence-electron chi connectivity index (χ3n) is 3.98. The fourth-order valence-electron chi connectivity index (χ4n) is 3.08. The lowest BCUT2D eigenvalue weighted by Crippen LogP contribution is -2.46. The maximum Gasteiger partial charge on any atom is 0.0824 e. The van der Waals surface area contributed by atoms with Crippen LogP contribution in [0.15, 0.2) is 24.3 Å². The minimum absolute atomic E-state index is 0.219. The van der Waals surface area contributed by atoms with Crippen LogP contribution in [0, 0.1) is 0 Å². The van der Waals surface area contributed by atoms with Crippen LogP contribution in [0.2, 0.25) is 0 Å². The molecule has 92 valence electrons. The van der Waals surface area contributed by atoms with Gasteiger partial charge in [-0.1, -0.05) is 24.3 Å². The molecule has 1 saturated heterocycles. The molecule has 1 heterocycles. The van der Waals surface area contributed by atoms with Gasteiger partial charge in [0.25, 0.3) is 0 Å². The summed E-state index contributed by atoms with van der Waals surface area (Å²) in [7, 11) is 0. The maximum absolute atomic E-state index is 5.71. The van der Waals surface area contributed by atoms with Gasteiger partial charge in [0.1, 0.15) is 0 Å². The number of aryl methyl sites for hydroxylation is 1. The van der Waals surface area contributed by atoms with Gasteiger partial charge in [-0.25, -0.2) is 0 Å². The molecule has 2 N–H and O–H groups in total.